The van der Waals surface area contributed by atoms with Crippen molar-refractivity contribution in [2.24, 2.45) is 0 Å². The summed E-state index contributed by atoms with van der Waals surface area (Å²) in [6.07, 6.45) is 0.302. The van der Waals surface area contributed by atoms with Crippen LogP contribution in [0.5, 0.6) is 0 Å². The fourth-order valence-corrected chi connectivity index (χ4v) is 3.17. The first-order chi connectivity index (χ1) is 12.2. The van der Waals surface area contributed by atoms with Crippen LogP contribution in [-0.4, -0.2) is 44.8 Å². The highest BCUT2D eigenvalue weighted by Crippen LogP contribution is 2.36. The second-order valence-corrected chi connectivity index (χ2v) is 7.66. The van der Waals surface area contributed by atoms with Crippen molar-refractivity contribution >= 4 is 34.5 Å². The Kier molecular flexibility index (Phi) is 4.80. The van der Waals surface area contributed by atoms with Gasteiger partial charge >= 0.3 is 6.09 Å². The van der Waals surface area contributed by atoms with Crippen LogP contribution in [0.25, 0.3) is 11.0 Å². The van der Waals surface area contributed by atoms with Crippen LogP contribution in [-0.2, 0) is 4.74 Å². The second kappa shape index (κ2) is 6.76. The minimum atomic E-state index is -0.573. The summed E-state index contributed by atoms with van der Waals surface area (Å²) in [4.78, 5) is 33.8. The van der Waals surface area contributed by atoms with Crippen LogP contribution in [0.2, 0.25) is 0 Å². The number of halogens is 1. The average Bonchev–Trinajstić information content (AvgIpc) is 3.14. The Morgan fingerprint density at radius 2 is 2.15 bits per heavy atom. The number of hydrogen-bond donors (Lipinski definition) is 1. The number of H-pyrrole nitrogens is 1. The molecule has 2 heterocycles. The van der Waals surface area contributed by atoms with Crippen LogP contribution in [0.15, 0.2) is 30.4 Å². The summed E-state index contributed by atoms with van der Waals surface area (Å²) in [5, 5.41) is 0. The third kappa shape index (κ3) is 3.60. The highest BCUT2D eigenvalue weighted by molar-refractivity contribution is 6.30. The van der Waals surface area contributed by atoms with E-state index in [2.05, 4.69) is 16.5 Å². The van der Waals surface area contributed by atoms with E-state index in [0.29, 0.717) is 24.4 Å². The third-order valence-electron chi connectivity index (χ3n) is 4.20. The maximum Gasteiger partial charge on any atom is 0.411 e. The smallest absolute Gasteiger partial charge is 0.411 e. The molecule has 1 aromatic carbocycles. The molecule has 1 N–H and O–H groups in total. The number of ether oxygens (including phenoxy) is 1. The van der Waals surface area contributed by atoms with E-state index in [1.54, 1.807) is 23.1 Å². The fourth-order valence-electron chi connectivity index (χ4n) is 3.02. The van der Waals surface area contributed by atoms with Gasteiger partial charge < -0.3 is 9.72 Å². The number of benzene rings is 1. The van der Waals surface area contributed by atoms with Gasteiger partial charge in [-0.25, -0.2) is 9.78 Å². The molecule has 7 heteroatoms. The van der Waals surface area contributed by atoms with Crippen LogP contribution in [0.3, 0.4) is 0 Å². The number of nitrogens with one attached hydrogen (secondary N) is 1. The highest BCUT2D eigenvalue weighted by Gasteiger charge is 2.37. The summed E-state index contributed by atoms with van der Waals surface area (Å²) in [5.74, 6) is 0.396. The number of hydrogen-bond acceptors (Lipinski definition) is 4. The standard InChI is InChI=1S/C19H22ClN3O3/c1-11-7-8-23(18(25)26-19(2,3)4)16(11)17-21-13-6-5-12(15(24)10-20)9-14(13)22-17/h5-6,9,16H,1,7-8,10H2,2-4H3,(H,21,22)/t16-/m0/s1. The third-order valence-corrected chi connectivity index (χ3v) is 4.45. The molecule has 0 radical (unpaired) electrons. The van der Waals surface area contributed by atoms with E-state index >= 15 is 0 Å². The van der Waals surface area contributed by atoms with Crippen LogP contribution in [0, 0.1) is 0 Å². The predicted molar refractivity (Wildman–Crippen MR) is 101 cm³/mol. The zero-order chi connectivity index (χ0) is 19.1. The van der Waals surface area contributed by atoms with Gasteiger partial charge in [0.25, 0.3) is 0 Å². The maximum absolute atomic E-state index is 12.5. The van der Waals surface area contributed by atoms with Crippen molar-refractivity contribution in [1.29, 1.82) is 0 Å². The first-order valence-corrected chi connectivity index (χ1v) is 8.99. The van der Waals surface area contributed by atoms with Gasteiger partial charge in [0.15, 0.2) is 5.78 Å². The molecular weight excluding hydrogens is 354 g/mol. The van der Waals surface area contributed by atoms with Crippen molar-refractivity contribution in [3.05, 3.63) is 41.7 Å². The fraction of sp³-hybridized carbons (Fsp3) is 0.421. The van der Waals surface area contributed by atoms with Crippen molar-refractivity contribution < 1.29 is 14.3 Å². The number of alkyl halides is 1. The Labute approximate surface area is 157 Å². The summed E-state index contributed by atoms with van der Waals surface area (Å²) in [7, 11) is 0. The topological polar surface area (TPSA) is 75.3 Å². The van der Waals surface area contributed by atoms with Crippen molar-refractivity contribution in [1.82, 2.24) is 14.9 Å². The quantitative estimate of drug-likeness (QED) is 0.495. The average molecular weight is 376 g/mol. The zero-order valence-electron chi connectivity index (χ0n) is 15.1. The molecule has 1 fully saturated rings. The minimum absolute atomic E-state index is 0.0711. The molecule has 26 heavy (non-hydrogen) atoms. The largest absolute Gasteiger partial charge is 0.444 e. The Morgan fingerprint density at radius 3 is 2.81 bits per heavy atom. The van der Waals surface area contributed by atoms with Gasteiger partial charge in [0, 0.05) is 12.1 Å². The van der Waals surface area contributed by atoms with Crippen molar-refractivity contribution in [2.75, 3.05) is 12.4 Å². The second-order valence-electron chi connectivity index (χ2n) is 7.40. The van der Waals surface area contributed by atoms with Gasteiger partial charge in [-0.3, -0.25) is 9.69 Å². The predicted octanol–water partition coefficient (Wildman–Crippen LogP) is 4.22. The van der Waals surface area contributed by atoms with Crippen LogP contribution in [0.1, 0.15) is 49.4 Å². The number of amides is 1. The molecule has 0 saturated carbocycles. The molecule has 6 nitrogen and oxygen atoms in total. The summed E-state index contributed by atoms with van der Waals surface area (Å²) in [6, 6.07) is 4.83. The molecule has 138 valence electrons. The van der Waals surface area contributed by atoms with Crippen LogP contribution >= 0.6 is 11.6 Å². The summed E-state index contributed by atoms with van der Waals surface area (Å²) < 4.78 is 5.51. The van der Waals surface area contributed by atoms with E-state index in [0.717, 1.165) is 16.6 Å². The van der Waals surface area contributed by atoms with Gasteiger partial charge in [0.2, 0.25) is 0 Å². The first-order valence-electron chi connectivity index (χ1n) is 8.46. The molecule has 0 bridgehead atoms. The summed E-state index contributed by atoms with van der Waals surface area (Å²) >= 11 is 5.63. The van der Waals surface area contributed by atoms with Crippen molar-refractivity contribution in [3.63, 3.8) is 0 Å². The van der Waals surface area contributed by atoms with E-state index in [1.807, 2.05) is 20.8 Å². The lowest BCUT2D eigenvalue weighted by atomic mass is 10.1. The van der Waals surface area contributed by atoms with E-state index in [4.69, 9.17) is 16.3 Å². The van der Waals surface area contributed by atoms with Crippen molar-refractivity contribution in [3.8, 4) is 0 Å². The Bertz CT molecular complexity index is 882. The Hall–Kier alpha value is -2.34. The monoisotopic (exact) mass is 375 g/mol. The number of nitrogens with zero attached hydrogens (tertiary/aromatic N) is 2. The molecule has 1 saturated heterocycles. The summed E-state index contributed by atoms with van der Waals surface area (Å²) in [5.41, 5.74) is 2.29. The number of aromatic amines is 1. The first kappa shape index (κ1) is 18.5. The van der Waals surface area contributed by atoms with Gasteiger partial charge in [0.1, 0.15) is 17.5 Å². The lowest BCUT2D eigenvalue weighted by Crippen LogP contribution is -2.36. The molecule has 1 atom stereocenters. The zero-order valence-corrected chi connectivity index (χ0v) is 15.9. The van der Waals surface area contributed by atoms with E-state index in [9.17, 15) is 9.59 Å². The molecule has 3 rings (SSSR count). The lowest BCUT2D eigenvalue weighted by molar-refractivity contribution is 0.0232. The molecule has 0 aliphatic carbocycles. The number of likely N-dealkylation sites (tertiary alicyclic amines) is 1. The Balaban J connectivity index is 1.93. The van der Waals surface area contributed by atoms with Crippen molar-refractivity contribution in [2.45, 2.75) is 38.8 Å². The Morgan fingerprint density at radius 1 is 1.42 bits per heavy atom. The lowest BCUT2D eigenvalue weighted by Gasteiger charge is -2.27. The number of imidazole rings is 1. The molecule has 2 aromatic rings. The van der Waals surface area contributed by atoms with Crippen LogP contribution < -0.4 is 0 Å². The SMILES string of the molecule is C=C1CCN(C(=O)OC(C)(C)C)[C@@H]1c1nc2ccc(C(=O)CCl)cc2[nH]1. The number of carbonyl (C=O) groups excluding carboxylic acids is 2. The maximum atomic E-state index is 12.5. The molecule has 1 aliphatic rings. The molecule has 1 aliphatic heterocycles. The van der Waals surface area contributed by atoms with Gasteiger partial charge in [0.05, 0.1) is 16.9 Å². The van der Waals surface area contributed by atoms with Crippen LogP contribution in [0.4, 0.5) is 4.79 Å². The molecule has 0 unspecified atom stereocenters. The summed E-state index contributed by atoms with van der Waals surface area (Å²) in [6.45, 7) is 10.1. The molecule has 1 aromatic heterocycles. The van der Waals surface area contributed by atoms with Gasteiger partial charge in [-0.2, -0.15) is 0 Å². The number of aromatic nitrogens is 2. The number of ketones is 1. The highest BCUT2D eigenvalue weighted by atomic mass is 35.5. The number of carbonyl (C=O) groups is 2. The number of Topliss-reactive ketones (excluding diaryl/α,β-unsaturated/α-hetero) is 1. The van der Waals surface area contributed by atoms with Gasteiger partial charge in [-0.15, -0.1) is 11.6 Å². The minimum Gasteiger partial charge on any atom is -0.444 e. The molecular formula is C19H22ClN3O3. The van der Waals surface area contributed by atoms with E-state index in [-0.39, 0.29) is 23.8 Å². The normalized spacial score (nSPS) is 17.8. The number of rotatable bonds is 3. The van der Waals surface area contributed by atoms with Gasteiger partial charge in [-0.05, 0) is 51.0 Å². The van der Waals surface area contributed by atoms with Gasteiger partial charge in [-0.1, -0.05) is 6.58 Å². The van der Waals surface area contributed by atoms with E-state index in [1.165, 1.54) is 0 Å². The number of fused-ring (bicyclic) bond motifs is 1. The van der Waals surface area contributed by atoms with E-state index < -0.39 is 5.60 Å². The molecule has 0 spiro atoms. The molecule has 1 amide bonds.